The van der Waals surface area contributed by atoms with E-state index >= 15 is 0 Å². The van der Waals surface area contributed by atoms with Gasteiger partial charge in [0.25, 0.3) is 0 Å². The van der Waals surface area contributed by atoms with Gasteiger partial charge >= 0.3 is 0 Å². The average molecular weight is 342 g/mol. The first-order valence-corrected chi connectivity index (χ1v) is 8.74. The lowest BCUT2D eigenvalue weighted by atomic mass is 10.1. The van der Waals surface area contributed by atoms with Gasteiger partial charge in [0.15, 0.2) is 5.11 Å². The number of rotatable bonds is 6. The summed E-state index contributed by atoms with van der Waals surface area (Å²) >= 11 is 7.21. The molecule has 0 atom stereocenters. The average Bonchev–Trinajstić information content (AvgIpc) is 2.59. The maximum atomic E-state index is 8.94. The third kappa shape index (κ3) is 5.93. The van der Waals surface area contributed by atoms with Crippen molar-refractivity contribution in [1.29, 1.82) is 5.26 Å². The van der Waals surface area contributed by atoms with Crippen molar-refractivity contribution in [2.24, 2.45) is 0 Å². The van der Waals surface area contributed by atoms with E-state index in [-0.39, 0.29) is 0 Å². The fourth-order valence-corrected chi connectivity index (χ4v) is 3.02. The van der Waals surface area contributed by atoms with E-state index in [0.29, 0.717) is 12.1 Å². The molecule has 0 bridgehead atoms. The fraction of sp³-hybridized carbons (Fsp3) is 0.222. The molecule has 0 aromatic heterocycles. The van der Waals surface area contributed by atoms with Crippen LogP contribution in [0.25, 0.3) is 0 Å². The number of thioether (sulfide) groups is 1. The summed E-state index contributed by atoms with van der Waals surface area (Å²) < 4.78 is 0. The molecule has 0 saturated heterocycles. The maximum Gasteiger partial charge on any atom is 0.169 e. The number of benzene rings is 2. The van der Waals surface area contributed by atoms with Crippen LogP contribution < -0.4 is 5.32 Å². The van der Waals surface area contributed by atoms with Crippen LogP contribution in [0, 0.1) is 11.3 Å². The van der Waals surface area contributed by atoms with Gasteiger partial charge in [-0.3, -0.25) is 0 Å². The molecule has 0 unspecified atom stereocenters. The summed E-state index contributed by atoms with van der Waals surface area (Å²) in [5.41, 5.74) is 1.75. The number of hydrogen-bond donors (Lipinski definition) is 1. The van der Waals surface area contributed by atoms with Crippen molar-refractivity contribution >= 4 is 29.1 Å². The normalized spacial score (nSPS) is 9.91. The van der Waals surface area contributed by atoms with Crippen molar-refractivity contribution in [2.75, 3.05) is 19.3 Å². The molecule has 0 heterocycles. The van der Waals surface area contributed by atoms with E-state index in [1.807, 2.05) is 48.3 Å². The van der Waals surface area contributed by atoms with Gasteiger partial charge in [-0.1, -0.05) is 30.3 Å². The summed E-state index contributed by atoms with van der Waals surface area (Å²) in [6.07, 6.45) is 0. The van der Waals surface area contributed by atoms with Gasteiger partial charge in [-0.2, -0.15) is 5.26 Å². The first kappa shape index (κ1) is 17.3. The second-order valence-electron chi connectivity index (χ2n) is 5.06. The molecule has 1 N–H and O–H groups in total. The molecular weight excluding hydrogens is 322 g/mol. The summed E-state index contributed by atoms with van der Waals surface area (Å²) in [5, 5.41) is 12.9. The first-order chi connectivity index (χ1) is 11.2. The lowest BCUT2D eigenvalue weighted by Gasteiger charge is -2.21. The number of nitrogens with zero attached hydrogens (tertiary/aromatic N) is 2. The molecule has 2 rings (SSSR count). The van der Waals surface area contributed by atoms with Gasteiger partial charge in [0, 0.05) is 30.8 Å². The van der Waals surface area contributed by atoms with E-state index in [2.05, 4.69) is 23.5 Å². The van der Waals surface area contributed by atoms with Crippen molar-refractivity contribution in [3.8, 4) is 6.07 Å². The van der Waals surface area contributed by atoms with Gasteiger partial charge in [0.1, 0.15) is 0 Å². The van der Waals surface area contributed by atoms with E-state index in [0.717, 1.165) is 23.0 Å². The van der Waals surface area contributed by atoms with E-state index < -0.39 is 0 Å². The van der Waals surface area contributed by atoms with E-state index in [1.165, 1.54) is 4.90 Å². The van der Waals surface area contributed by atoms with Crippen molar-refractivity contribution < 1.29 is 0 Å². The molecule has 2 aromatic carbocycles. The second kappa shape index (κ2) is 9.19. The molecule has 3 nitrogen and oxygen atoms in total. The Morgan fingerprint density at radius 2 is 2.00 bits per heavy atom. The van der Waals surface area contributed by atoms with E-state index in [9.17, 15) is 0 Å². The van der Waals surface area contributed by atoms with Gasteiger partial charge in [-0.05, 0) is 42.0 Å². The standard InChI is InChI=1S/C18H19N3S2/c1-21(14-16-7-5-6-15(12-16)13-19)18(22)20-10-11-23-17-8-3-2-4-9-17/h2-9,12H,10-11,14H2,1H3,(H,20,22). The van der Waals surface area contributed by atoms with Gasteiger partial charge < -0.3 is 10.2 Å². The fourth-order valence-electron chi connectivity index (χ4n) is 2.06. The summed E-state index contributed by atoms with van der Waals surface area (Å²) in [7, 11) is 1.96. The highest BCUT2D eigenvalue weighted by Gasteiger charge is 2.05. The zero-order valence-corrected chi connectivity index (χ0v) is 14.7. The monoisotopic (exact) mass is 341 g/mol. The van der Waals surface area contributed by atoms with Gasteiger partial charge in [0.2, 0.25) is 0 Å². The minimum Gasteiger partial charge on any atom is -0.362 e. The molecule has 0 fully saturated rings. The Kier molecular flexibility index (Phi) is 6.92. The third-order valence-corrected chi connectivity index (χ3v) is 4.68. The molecule has 0 spiro atoms. The maximum absolute atomic E-state index is 8.94. The molecule has 118 valence electrons. The highest BCUT2D eigenvalue weighted by atomic mass is 32.2. The lowest BCUT2D eigenvalue weighted by Crippen LogP contribution is -2.37. The van der Waals surface area contributed by atoms with Crippen LogP contribution in [0.4, 0.5) is 0 Å². The zero-order chi connectivity index (χ0) is 16.5. The van der Waals surface area contributed by atoms with Crippen LogP contribution in [0.5, 0.6) is 0 Å². The molecular formula is C18H19N3S2. The van der Waals surface area contributed by atoms with Crippen LogP contribution in [-0.4, -0.2) is 29.4 Å². The van der Waals surface area contributed by atoms with Crippen molar-refractivity contribution in [3.63, 3.8) is 0 Å². The Labute approximate surface area is 147 Å². The van der Waals surface area contributed by atoms with Crippen molar-refractivity contribution in [3.05, 3.63) is 65.7 Å². The van der Waals surface area contributed by atoms with E-state index in [1.54, 1.807) is 17.8 Å². The molecule has 0 aliphatic heterocycles. The summed E-state index contributed by atoms with van der Waals surface area (Å²) in [6.45, 7) is 1.51. The number of nitrogens with one attached hydrogen (secondary N) is 1. The third-order valence-electron chi connectivity index (χ3n) is 3.21. The molecule has 5 heteroatoms. The number of hydrogen-bond acceptors (Lipinski definition) is 3. The Morgan fingerprint density at radius 1 is 1.22 bits per heavy atom. The molecule has 0 radical (unpaired) electrons. The van der Waals surface area contributed by atoms with Crippen molar-refractivity contribution in [1.82, 2.24) is 10.2 Å². The molecule has 0 saturated carbocycles. The van der Waals surface area contributed by atoms with Gasteiger partial charge in [-0.15, -0.1) is 11.8 Å². The molecule has 0 amide bonds. The summed E-state index contributed by atoms with van der Waals surface area (Å²) in [5.74, 6) is 0.960. The van der Waals surface area contributed by atoms with Crippen LogP contribution in [0.3, 0.4) is 0 Å². The minimum absolute atomic E-state index is 0.675. The van der Waals surface area contributed by atoms with Gasteiger partial charge in [-0.25, -0.2) is 0 Å². The number of nitriles is 1. The lowest BCUT2D eigenvalue weighted by molar-refractivity contribution is 0.491. The quantitative estimate of drug-likeness (QED) is 0.493. The van der Waals surface area contributed by atoms with Crippen LogP contribution in [-0.2, 0) is 6.54 Å². The predicted octanol–water partition coefficient (Wildman–Crippen LogP) is 3.66. The summed E-state index contributed by atoms with van der Waals surface area (Å²) in [4.78, 5) is 3.25. The van der Waals surface area contributed by atoms with E-state index in [4.69, 9.17) is 17.5 Å². The molecule has 23 heavy (non-hydrogen) atoms. The smallest absolute Gasteiger partial charge is 0.169 e. The first-order valence-electron chi connectivity index (χ1n) is 7.35. The van der Waals surface area contributed by atoms with Crippen molar-refractivity contribution in [2.45, 2.75) is 11.4 Å². The zero-order valence-electron chi connectivity index (χ0n) is 13.0. The minimum atomic E-state index is 0.675. The largest absolute Gasteiger partial charge is 0.362 e. The van der Waals surface area contributed by atoms with Crippen LogP contribution in [0.15, 0.2) is 59.5 Å². The van der Waals surface area contributed by atoms with Crippen LogP contribution >= 0.6 is 24.0 Å². The number of thiocarbonyl (C=S) groups is 1. The Bertz CT molecular complexity index is 680. The molecule has 2 aromatic rings. The molecule has 0 aliphatic rings. The van der Waals surface area contributed by atoms with Crippen LogP contribution in [0.1, 0.15) is 11.1 Å². The predicted molar refractivity (Wildman–Crippen MR) is 100 cm³/mol. The Balaban J connectivity index is 1.73. The molecule has 0 aliphatic carbocycles. The Morgan fingerprint density at radius 3 is 2.74 bits per heavy atom. The Hall–Kier alpha value is -2.03. The second-order valence-corrected chi connectivity index (χ2v) is 6.62. The SMILES string of the molecule is CN(Cc1cccc(C#N)c1)C(=S)NCCSc1ccccc1. The van der Waals surface area contributed by atoms with Gasteiger partial charge in [0.05, 0.1) is 11.6 Å². The highest BCUT2D eigenvalue weighted by Crippen LogP contribution is 2.15. The van der Waals surface area contributed by atoms with Crippen LogP contribution in [0.2, 0.25) is 0 Å². The summed E-state index contributed by atoms with van der Waals surface area (Å²) in [6, 6.07) is 20.1. The highest BCUT2D eigenvalue weighted by molar-refractivity contribution is 7.99. The topological polar surface area (TPSA) is 39.1 Å².